The molecule has 0 amide bonds. The molecule has 0 aliphatic heterocycles. The lowest BCUT2D eigenvalue weighted by atomic mass is 9.95. The number of benzene rings is 1. The van der Waals surface area contributed by atoms with Gasteiger partial charge in [0, 0.05) is 12.7 Å². The summed E-state index contributed by atoms with van der Waals surface area (Å²) in [5, 5.41) is 3.25. The Morgan fingerprint density at radius 3 is 2.61 bits per heavy atom. The topological polar surface area (TPSA) is 37.8 Å². The van der Waals surface area contributed by atoms with E-state index < -0.39 is 0 Å². The number of anilines is 1. The first-order valence-corrected chi connectivity index (χ1v) is 6.48. The molecule has 1 aliphatic carbocycles. The van der Waals surface area contributed by atoms with Crippen LogP contribution in [0.3, 0.4) is 0 Å². The summed E-state index contributed by atoms with van der Waals surface area (Å²) in [7, 11) is 0. The average Bonchev–Trinajstić information content (AvgIpc) is 3.22. The highest BCUT2D eigenvalue weighted by Crippen LogP contribution is 2.52. The van der Waals surface area contributed by atoms with Crippen molar-refractivity contribution in [3.05, 3.63) is 54.0 Å². The van der Waals surface area contributed by atoms with Gasteiger partial charge in [-0.2, -0.15) is 0 Å². The minimum Gasteiger partial charge on any atom is -0.370 e. The van der Waals surface area contributed by atoms with E-state index in [0.29, 0.717) is 0 Å². The second-order valence-electron chi connectivity index (χ2n) is 4.74. The van der Waals surface area contributed by atoms with Crippen LogP contribution in [0.5, 0.6) is 0 Å². The van der Waals surface area contributed by atoms with Gasteiger partial charge in [-0.05, 0) is 31.4 Å². The summed E-state index contributed by atoms with van der Waals surface area (Å²) in [6.45, 7) is 2.96. The number of hydrogen-bond donors (Lipinski definition) is 1. The third-order valence-electron chi connectivity index (χ3n) is 3.52. The SMILES string of the molecule is CCNc1ccnc(C2(c3ccccc3)CC2)n1. The monoisotopic (exact) mass is 239 g/mol. The predicted molar refractivity (Wildman–Crippen MR) is 72.7 cm³/mol. The fraction of sp³-hybridized carbons (Fsp3) is 0.333. The Balaban J connectivity index is 1.97. The Labute approximate surface area is 107 Å². The zero-order valence-corrected chi connectivity index (χ0v) is 10.6. The fourth-order valence-electron chi connectivity index (χ4n) is 2.39. The maximum Gasteiger partial charge on any atom is 0.141 e. The van der Waals surface area contributed by atoms with E-state index in [1.807, 2.05) is 12.3 Å². The van der Waals surface area contributed by atoms with E-state index in [4.69, 9.17) is 0 Å². The van der Waals surface area contributed by atoms with Crippen molar-refractivity contribution >= 4 is 5.82 Å². The molecule has 18 heavy (non-hydrogen) atoms. The Morgan fingerprint density at radius 1 is 1.17 bits per heavy atom. The van der Waals surface area contributed by atoms with Crippen molar-refractivity contribution in [2.24, 2.45) is 0 Å². The van der Waals surface area contributed by atoms with Crippen molar-refractivity contribution in [2.75, 3.05) is 11.9 Å². The van der Waals surface area contributed by atoms with Crippen molar-refractivity contribution in [3.63, 3.8) is 0 Å². The van der Waals surface area contributed by atoms with Crippen LogP contribution in [0.25, 0.3) is 0 Å². The second-order valence-corrected chi connectivity index (χ2v) is 4.74. The normalized spacial score (nSPS) is 16.3. The third-order valence-corrected chi connectivity index (χ3v) is 3.52. The van der Waals surface area contributed by atoms with Crippen LogP contribution in [0.1, 0.15) is 31.2 Å². The summed E-state index contributed by atoms with van der Waals surface area (Å²) in [6, 6.07) is 12.5. The molecule has 0 radical (unpaired) electrons. The summed E-state index contributed by atoms with van der Waals surface area (Å²) in [5.74, 6) is 1.87. The third kappa shape index (κ3) is 1.86. The van der Waals surface area contributed by atoms with Crippen molar-refractivity contribution in [2.45, 2.75) is 25.2 Å². The highest BCUT2D eigenvalue weighted by Gasteiger charge is 2.48. The predicted octanol–water partition coefficient (Wildman–Crippen LogP) is 2.99. The first-order chi connectivity index (χ1) is 8.85. The molecule has 1 N–H and O–H groups in total. The standard InChI is InChI=1S/C15H17N3/c1-2-16-13-8-11-17-14(18-13)15(9-10-15)12-6-4-3-5-7-12/h3-8,11H,2,9-10H2,1H3,(H,16,17,18). The van der Waals surface area contributed by atoms with Crippen LogP contribution in [0, 0.1) is 0 Å². The summed E-state index contributed by atoms with van der Waals surface area (Å²) in [4.78, 5) is 9.13. The van der Waals surface area contributed by atoms with Crippen LogP contribution < -0.4 is 5.32 Å². The van der Waals surface area contributed by atoms with Gasteiger partial charge in [0.15, 0.2) is 0 Å². The van der Waals surface area contributed by atoms with Gasteiger partial charge in [-0.1, -0.05) is 30.3 Å². The molecule has 1 heterocycles. The average molecular weight is 239 g/mol. The molecule has 3 heteroatoms. The smallest absolute Gasteiger partial charge is 0.141 e. The van der Waals surface area contributed by atoms with Gasteiger partial charge in [0.05, 0.1) is 5.41 Å². The van der Waals surface area contributed by atoms with Gasteiger partial charge in [-0.3, -0.25) is 0 Å². The maximum absolute atomic E-state index is 4.65. The van der Waals surface area contributed by atoms with Gasteiger partial charge in [-0.25, -0.2) is 9.97 Å². The Kier molecular flexibility index (Phi) is 2.74. The molecular formula is C15H17N3. The van der Waals surface area contributed by atoms with Gasteiger partial charge in [0.25, 0.3) is 0 Å². The van der Waals surface area contributed by atoms with Crippen LogP contribution in [-0.4, -0.2) is 16.5 Å². The molecule has 92 valence electrons. The maximum atomic E-state index is 4.65. The van der Waals surface area contributed by atoms with Crippen molar-refractivity contribution in [3.8, 4) is 0 Å². The van der Waals surface area contributed by atoms with E-state index in [-0.39, 0.29) is 5.41 Å². The van der Waals surface area contributed by atoms with Gasteiger partial charge in [0.1, 0.15) is 11.6 Å². The van der Waals surface area contributed by atoms with Crippen molar-refractivity contribution in [1.82, 2.24) is 9.97 Å². The number of hydrogen-bond acceptors (Lipinski definition) is 3. The van der Waals surface area contributed by atoms with E-state index in [2.05, 4.69) is 52.5 Å². The number of nitrogens with one attached hydrogen (secondary N) is 1. The van der Waals surface area contributed by atoms with Crippen molar-refractivity contribution < 1.29 is 0 Å². The Hall–Kier alpha value is -1.90. The molecule has 1 aliphatic rings. The quantitative estimate of drug-likeness (QED) is 0.891. The Bertz CT molecular complexity index is 532. The first kappa shape index (κ1) is 11.2. The van der Waals surface area contributed by atoms with Crippen LogP contribution in [0.15, 0.2) is 42.6 Å². The molecule has 0 bridgehead atoms. The lowest BCUT2D eigenvalue weighted by Gasteiger charge is -2.15. The molecule has 2 aromatic rings. The first-order valence-electron chi connectivity index (χ1n) is 6.48. The molecular weight excluding hydrogens is 222 g/mol. The zero-order chi connectivity index (χ0) is 12.4. The highest BCUT2D eigenvalue weighted by molar-refractivity contribution is 5.42. The van der Waals surface area contributed by atoms with Crippen molar-refractivity contribution in [1.29, 1.82) is 0 Å². The van der Waals surface area contributed by atoms with Crippen LogP contribution in [0.2, 0.25) is 0 Å². The summed E-state index contributed by atoms with van der Waals surface area (Å²) < 4.78 is 0. The van der Waals surface area contributed by atoms with E-state index in [1.54, 1.807) is 0 Å². The molecule has 1 saturated carbocycles. The van der Waals surface area contributed by atoms with Gasteiger partial charge >= 0.3 is 0 Å². The highest BCUT2D eigenvalue weighted by atomic mass is 15.0. The lowest BCUT2D eigenvalue weighted by Crippen LogP contribution is -2.14. The minimum absolute atomic E-state index is 0.0622. The van der Waals surface area contributed by atoms with Gasteiger partial charge < -0.3 is 5.32 Å². The minimum atomic E-state index is 0.0622. The molecule has 0 spiro atoms. The second kappa shape index (κ2) is 4.41. The lowest BCUT2D eigenvalue weighted by molar-refractivity contribution is 0.755. The molecule has 1 fully saturated rings. The molecule has 1 aromatic heterocycles. The van der Waals surface area contributed by atoms with Gasteiger partial charge in [-0.15, -0.1) is 0 Å². The van der Waals surface area contributed by atoms with Crippen LogP contribution in [0.4, 0.5) is 5.82 Å². The van der Waals surface area contributed by atoms with E-state index in [0.717, 1.165) is 31.0 Å². The van der Waals surface area contributed by atoms with Crippen LogP contribution in [-0.2, 0) is 5.41 Å². The summed E-state index contributed by atoms with van der Waals surface area (Å²) >= 11 is 0. The summed E-state index contributed by atoms with van der Waals surface area (Å²) in [5.41, 5.74) is 1.39. The van der Waals surface area contributed by atoms with E-state index in [1.165, 1.54) is 5.56 Å². The summed E-state index contributed by atoms with van der Waals surface area (Å²) in [6.07, 6.45) is 4.14. The molecule has 3 nitrogen and oxygen atoms in total. The number of aromatic nitrogens is 2. The van der Waals surface area contributed by atoms with E-state index in [9.17, 15) is 0 Å². The molecule has 0 unspecified atom stereocenters. The fourth-order valence-corrected chi connectivity index (χ4v) is 2.39. The molecule has 3 rings (SSSR count). The molecule has 0 saturated heterocycles. The van der Waals surface area contributed by atoms with Gasteiger partial charge in [0.2, 0.25) is 0 Å². The zero-order valence-electron chi connectivity index (χ0n) is 10.6. The Morgan fingerprint density at radius 2 is 1.94 bits per heavy atom. The van der Waals surface area contributed by atoms with E-state index >= 15 is 0 Å². The molecule has 0 atom stereocenters. The van der Waals surface area contributed by atoms with Crippen LogP contribution >= 0.6 is 0 Å². The number of rotatable bonds is 4. The molecule has 1 aromatic carbocycles. The number of nitrogens with zero attached hydrogens (tertiary/aromatic N) is 2. The largest absolute Gasteiger partial charge is 0.370 e.